The molecule has 0 atom stereocenters. The summed E-state index contributed by atoms with van der Waals surface area (Å²) in [6.07, 6.45) is 0.935. The summed E-state index contributed by atoms with van der Waals surface area (Å²) in [5.41, 5.74) is 1.44. The molecule has 0 saturated heterocycles. The predicted molar refractivity (Wildman–Crippen MR) is 82.1 cm³/mol. The van der Waals surface area contributed by atoms with Crippen LogP contribution in [-0.2, 0) is 13.0 Å². The third-order valence-electron chi connectivity index (χ3n) is 2.97. The normalized spacial score (nSPS) is 10.6. The highest BCUT2D eigenvalue weighted by molar-refractivity contribution is 9.10. The number of aromatic carboxylic acids is 1. The highest BCUT2D eigenvalue weighted by atomic mass is 79.9. The lowest BCUT2D eigenvalue weighted by molar-refractivity contribution is 0.0695. The zero-order valence-corrected chi connectivity index (χ0v) is 13.1. The molecule has 0 bridgehead atoms. The summed E-state index contributed by atoms with van der Waals surface area (Å²) in [5, 5.41) is 13.9. The van der Waals surface area contributed by atoms with Crippen molar-refractivity contribution < 1.29 is 14.3 Å². The first-order valence-electron chi connectivity index (χ1n) is 6.05. The first-order valence-corrected chi connectivity index (χ1v) is 7.72. The van der Waals surface area contributed by atoms with Crippen LogP contribution in [0.25, 0.3) is 0 Å². The fraction of sp³-hybridized carbons (Fsp3) is 0.214. The molecule has 0 amide bonds. The molecule has 0 spiro atoms. The van der Waals surface area contributed by atoms with Gasteiger partial charge in [0.05, 0.1) is 15.7 Å². The number of anilines is 1. The second kappa shape index (κ2) is 6.37. The van der Waals surface area contributed by atoms with Gasteiger partial charge in [-0.2, -0.15) is 0 Å². The number of hydrogen-bond donors (Lipinski definition) is 2. The Balaban J connectivity index is 2.19. The van der Waals surface area contributed by atoms with Gasteiger partial charge in [-0.3, -0.25) is 0 Å². The number of carboxylic acid groups (broad SMARTS) is 1. The van der Waals surface area contributed by atoms with Crippen molar-refractivity contribution >= 4 is 38.9 Å². The SMILES string of the molecule is CCc1ccsc1CNc1ccc(C(=O)O)c(Br)c1F. The molecule has 20 heavy (non-hydrogen) atoms. The average Bonchev–Trinajstić information content (AvgIpc) is 2.87. The van der Waals surface area contributed by atoms with Crippen LogP contribution in [0.3, 0.4) is 0 Å². The maximum atomic E-state index is 14.1. The van der Waals surface area contributed by atoms with Crippen molar-refractivity contribution in [3.05, 3.63) is 49.9 Å². The molecule has 0 radical (unpaired) electrons. The van der Waals surface area contributed by atoms with E-state index in [1.54, 1.807) is 11.3 Å². The first kappa shape index (κ1) is 15.0. The van der Waals surface area contributed by atoms with Crippen LogP contribution in [0.1, 0.15) is 27.7 Å². The Bertz CT molecular complexity index is 642. The van der Waals surface area contributed by atoms with E-state index in [9.17, 15) is 9.18 Å². The molecular weight excluding hydrogens is 345 g/mol. The third kappa shape index (κ3) is 3.02. The molecule has 0 unspecified atom stereocenters. The lowest BCUT2D eigenvalue weighted by atomic mass is 10.2. The zero-order valence-electron chi connectivity index (χ0n) is 10.7. The Morgan fingerprint density at radius 2 is 2.20 bits per heavy atom. The molecule has 2 aromatic rings. The van der Waals surface area contributed by atoms with Crippen LogP contribution in [0.2, 0.25) is 0 Å². The molecule has 3 nitrogen and oxygen atoms in total. The topological polar surface area (TPSA) is 49.3 Å². The molecule has 0 aliphatic rings. The Labute approximate surface area is 128 Å². The third-order valence-corrected chi connectivity index (χ3v) is 4.71. The number of benzene rings is 1. The number of hydrogen-bond acceptors (Lipinski definition) is 3. The number of thiophene rings is 1. The summed E-state index contributed by atoms with van der Waals surface area (Å²) >= 11 is 4.61. The van der Waals surface area contributed by atoms with Crippen molar-refractivity contribution in [1.82, 2.24) is 0 Å². The van der Waals surface area contributed by atoms with Crippen LogP contribution in [-0.4, -0.2) is 11.1 Å². The number of carboxylic acids is 1. The Morgan fingerprint density at radius 3 is 2.85 bits per heavy atom. The molecule has 2 N–H and O–H groups in total. The predicted octanol–water partition coefficient (Wildman–Crippen LogP) is 4.52. The maximum Gasteiger partial charge on any atom is 0.336 e. The molecule has 1 aromatic heterocycles. The molecular formula is C14H13BrFNO2S. The van der Waals surface area contributed by atoms with Crippen molar-refractivity contribution in [2.45, 2.75) is 19.9 Å². The van der Waals surface area contributed by atoms with Crippen molar-refractivity contribution in [2.75, 3.05) is 5.32 Å². The summed E-state index contributed by atoms with van der Waals surface area (Å²) in [6.45, 7) is 2.60. The van der Waals surface area contributed by atoms with Crippen molar-refractivity contribution in [3.63, 3.8) is 0 Å². The molecule has 0 aliphatic heterocycles. The Kier molecular flexibility index (Phi) is 4.77. The van der Waals surface area contributed by atoms with E-state index in [0.29, 0.717) is 6.54 Å². The largest absolute Gasteiger partial charge is 0.478 e. The fourth-order valence-electron chi connectivity index (χ4n) is 1.86. The van der Waals surface area contributed by atoms with Gasteiger partial charge in [0, 0.05) is 11.4 Å². The Hall–Kier alpha value is -1.40. The van der Waals surface area contributed by atoms with Crippen molar-refractivity contribution in [3.8, 4) is 0 Å². The van der Waals surface area contributed by atoms with Crippen LogP contribution in [0, 0.1) is 5.82 Å². The van der Waals surface area contributed by atoms with E-state index in [-0.39, 0.29) is 15.7 Å². The van der Waals surface area contributed by atoms with E-state index in [1.165, 1.54) is 17.7 Å². The quantitative estimate of drug-likeness (QED) is 0.826. The number of rotatable bonds is 5. The summed E-state index contributed by atoms with van der Waals surface area (Å²) < 4.78 is 14.0. The number of carbonyl (C=O) groups is 1. The molecule has 0 aliphatic carbocycles. The second-order valence-corrected chi connectivity index (χ2v) is 5.96. The van der Waals surface area contributed by atoms with Crippen LogP contribution < -0.4 is 5.32 Å². The van der Waals surface area contributed by atoms with E-state index < -0.39 is 11.8 Å². The lowest BCUT2D eigenvalue weighted by Crippen LogP contribution is -2.05. The highest BCUT2D eigenvalue weighted by Crippen LogP contribution is 2.28. The molecule has 6 heteroatoms. The van der Waals surface area contributed by atoms with E-state index in [4.69, 9.17) is 5.11 Å². The number of aryl methyl sites for hydroxylation is 1. The van der Waals surface area contributed by atoms with Gasteiger partial charge >= 0.3 is 5.97 Å². The van der Waals surface area contributed by atoms with Gasteiger partial charge < -0.3 is 10.4 Å². The zero-order chi connectivity index (χ0) is 14.7. The smallest absolute Gasteiger partial charge is 0.336 e. The number of halogens is 2. The average molecular weight is 358 g/mol. The van der Waals surface area contributed by atoms with Gasteiger partial charge in [-0.25, -0.2) is 9.18 Å². The molecule has 2 rings (SSSR count). The van der Waals surface area contributed by atoms with E-state index in [1.807, 2.05) is 5.38 Å². The van der Waals surface area contributed by atoms with E-state index in [2.05, 4.69) is 34.2 Å². The summed E-state index contributed by atoms with van der Waals surface area (Å²) in [4.78, 5) is 12.1. The van der Waals surface area contributed by atoms with E-state index >= 15 is 0 Å². The summed E-state index contributed by atoms with van der Waals surface area (Å²) in [5.74, 6) is -1.74. The summed E-state index contributed by atoms with van der Waals surface area (Å²) in [7, 11) is 0. The number of nitrogens with one attached hydrogen (secondary N) is 1. The van der Waals surface area contributed by atoms with Crippen molar-refractivity contribution in [2.24, 2.45) is 0 Å². The molecule has 0 saturated carbocycles. The van der Waals surface area contributed by atoms with Crippen LogP contribution in [0.4, 0.5) is 10.1 Å². The summed E-state index contributed by atoms with van der Waals surface area (Å²) in [6, 6.07) is 4.89. The van der Waals surface area contributed by atoms with Gasteiger partial charge in [0.25, 0.3) is 0 Å². The van der Waals surface area contributed by atoms with Gasteiger partial charge in [-0.15, -0.1) is 11.3 Å². The second-order valence-electron chi connectivity index (χ2n) is 4.17. The van der Waals surface area contributed by atoms with Gasteiger partial charge in [-0.05, 0) is 51.5 Å². The van der Waals surface area contributed by atoms with Gasteiger partial charge in [-0.1, -0.05) is 6.92 Å². The van der Waals surface area contributed by atoms with Gasteiger partial charge in [0.1, 0.15) is 0 Å². The van der Waals surface area contributed by atoms with Crippen LogP contribution in [0.15, 0.2) is 28.1 Å². The minimum absolute atomic E-state index is 0.0307. The highest BCUT2D eigenvalue weighted by Gasteiger charge is 2.15. The first-order chi connectivity index (χ1) is 9.54. The monoisotopic (exact) mass is 357 g/mol. The fourth-order valence-corrected chi connectivity index (χ4v) is 3.29. The Morgan fingerprint density at radius 1 is 1.45 bits per heavy atom. The lowest BCUT2D eigenvalue weighted by Gasteiger charge is -2.10. The molecule has 1 aromatic carbocycles. The van der Waals surface area contributed by atoms with Crippen LogP contribution >= 0.6 is 27.3 Å². The minimum atomic E-state index is -1.16. The molecule has 106 valence electrons. The molecule has 0 fully saturated rings. The van der Waals surface area contributed by atoms with Crippen LogP contribution in [0.5, 0.6) is 0 Å². The minimum Gasteiger partial charge on any atom is -0.478 e. The maximum absolute atomic E-state index is 14.1. The standard InChI is InChI=1S/C14H13BrFNO2S/c1-2-8-5-6-20-11(8)7-17-10-4-3-9(14(18)19)12(15)13(10)16/h3-6,17H,2,7H2,1H3,(H,18,19). The van der Waals surface area contributed by atoms with Gasteiger partial charge in [0.15, 0.2) is 5.82 Å². The van der Waals surface area contributed by atoms with Gasteiger partial charge in [0.2, 0.25) is 0 Å². The van der Waals surface area contributed by atoms with Crippen molar-refractivity contribution in [1.29, 1.82) is 0 Å². The molecule has 1 heterocycles. The van der Waals surface area contributed by atoms with E-state index in [0.717, 1.165) is 11.3 Å².